The lowest BCUT2D eigenvalue weighted by Gasteiger charge is -2.21. The van der Waals surface area contributed by atoms with Gasteiger partial charge in [-0.15, -0.1) is 0 Å². The molecular weight excluding hydrogens is 1580 g/mol. The van der Waals surface area contributed by atoms with E-state index in [1.807, 2.05) is 51.5 Å². The van der Waals surface area contributed by atoms with E-state index in [0.717, 1.165) is 193 Å². The van der Waals surface area contributed by atoms with E-state index in [9.17, 15) is 61.3 Å². The molecule has 0 spiro atoms. The predicted molar refractivity (Wildman–Crippen MR) is 450 cm³/mol. The molecule has 3 N–H and O–H groups in total. The van der Waals surface area contributed by atoms with Crippen LogP contribution in [0.3, 0.4) is 0 Å². The maximum absolute atomic E-state index is 14.0. The minimum Gasteiger partial charge on any atom is -0.384 e. The summed E-state index contributed by atoms with van der Waals surface area (Å²) in [7, 11) is -7.23. The van der Waals surface area contributed by atoms with Crippen molar-refractivity contribution in [2.75, 3.05) is 116 Å². The van der Waals surface area contributed by atoms with Gasteiger partial charge in [0.25, 0.3) is 45.8 Å². The fourth-order valence-corrected chi connectivity index (χ4v) is 21.7. The molecule has 0 unspecified atom stereocenters. The maximum atomic E-state index is 14.0. The molecule has 7 aromatic carbocycles. The topological polar surface area (TPSA) is 261 Å². The van der Waals surface area contributed by atoms with Gasteiger partial charge in [0.05, 0.1) is 46.6 Å². The van der Waals surface area contributed by atoms with Gasteiger partial charge in [0, 0.05) is 176 Å². The summed E-state index contributed by atoms with van der Waals surface area (Å²) < 4.78 is 167. The molecule has 7 aliphatic heterocycles. The lowest BCUT2D eigenvalue weighted by molar-refractivity contribution is -0.384. The first-order chi connectivity index (χ1) is 56.0. The third-order valence-electron chi connectivity index (χ3n) is 22.7. The van der Waals surface area contributed by atoms with E-state index in [-0.39, 0.29) is 31.7 Å². The first-order valence-corrected chi connectivity index (χ1v) is 44.2. The summed E-state index contributed by atoms with van der Waals surface area (Å²) in [6.45, 7) is 8.93. The van der Waals surface area contributed by atoms with E-state index in [0.29, 0.717) is 56.3 Å². The van der Waals surface area contributed by atoms with Crippen molar-refractivity contribution in [3.63, 3.8) is 0 Å². The summed E-state index contributed by atoms with van der Waals surface area (Å²) in [5.41, 5.74) is 13.8. The van der Waals surface area contributed by atoms with Crippen molar-refractivity contribution in [2.24, 2.45) is 0 Å². The Morgan fingerprint density at radius 1 is 0.402 bits per heavy atom. The third-order valence-corrected chi connectivity index (χ3v) is 29.4. The molecule has 19 rings (SSSR count). The number of anilines is 3. The van der Waals surface area contributed by atoms with Crippen molar-refractivity contribution in [3.8, 4) is 0 Å². The van der Waals surface area contributed by atoms with Crippen molar-refractivity contribution in [2.45, 2.75) is 70.7 Å². The summed E-state index contributed by atoms with van der Waals surface area (Å²) in [5.74, 6) is -0.369. The number of fused-ring (bicyclic) bond motifs is 7. The van der Waals surface area contributed by atoms with Crippen LogP contribution < -0.4 is 16.0 Å². The zero-order valence-corrected chi connectivity index (χ0v) is 67.8. The van der Waals surface area contributed by atoms with Crippen LogP contribution in [0.1, 0.15) is 70.2 Å². The molecule has 0 saturated heterocycles. The fourth-order valence-electron chi connectivity index (χ4n) is 16.1. The number of nitrogens with one attached hydrogen (secondary N) is 3. The summed E-state index contributed by atoms with van der Waals surface area (Å²) in [5, 5.41) is 23.4. The molecule has 0 fully saturated rings. The molecule has 12 heterocycles. The smallest absolute Gasteiger partial charge is 0.384 e. The third kappa shape index (κ3) is 15.7. The summed E-state index contributed by atoms with van der Waals surface area (Å²) >= 11 is 0. The first kappa shape index (κ1) is 79.8. The highest BCUT2D eigenvalue weighted by Gasteiger charge is 2.35. The van der Waals surface area contributed by atoms with Gasteiger partial charge in [-0.25, -0.2) is 58.9 Å². The fraction of sp³-hybridized carbons (Fsp3) is 0.267. The first-order valence-electron chi connectivity index (χ1n) is 38.5. The van der Waals surface area contributed by atoms with Gasteiger partial charge in [0.1, 0.15) is 5.82 Å². The van der Waals surface area contributed by atoms with Crippen LogP contribution in [0.5, 0.6) is 0 Å². The molecule has 0 saturated carbocycles. The highest BCUT2D eigenvalue weighted by Crippen LogP contribution is 2.42. The Labute approximate surface area is 675 Å². The van der Waals surface area contributed by atoms with E-state index in [2.05, 4.69) is 65.8 Å². The number of rotatable bonds is 13. The number of halogens is 4. The van der Waals surface area contributed by atoms with Gasteiger partial charge >= 0.3 is 6.18 Å². The second-order valence-electron chi connectivity index (χ2n) is 30.4. The minimum atomic E-state index is -4.51. The average Bonchev–Trinajstić information content (AvgIpc) is 1.61. The number of nitro groups is 1. The monoisotopic (exact) mass is 1660 g/mol. The molecule has 31 heteroatoms. The number of likely N-dealkylation sites (N-methyl/N-ethyl adjacent to an activating group) is 4. The lowest BCUT2D eigenvalue weighted by Crippen LogP contribution is -2.23. The second kappa shape index (κ2) is 31.8. The molecule has 0 bridgehead atoms. The van der Waals surface area contributed by atoms with Crippen molar-refractivity contribution in [1.29, 1.82) is 0 Å². The number of hydrogen-bond acceptors (Lipinski definition) is 18. The number of alkyl halides is 3. The van der Waals surface area contributed by atoms with E-state index >= 15 is 0 Å². The van der Waals surface area contributed by atoms with E-state index in [4.69, 9.17) is 0 Å². The summed E-state index contributed by atoms with van der Waals surface area (Å²) in [4.78, 5) is 24.8. The Balaban J connectivity index is 0.000000117. The standard InChI is InChI=1S/C23H22F3N3O2S.C22H22FN3O2S.C21H22N4O2S.C20H19N3O4S/c1-28-10-7-15(8-11-28)20-14-29(22-5-2-17(13-19(20)22)23(24,25)26)32(30,31)18-3-4-21-16(12-18)6-9-27-21;1-25-10-7-15(8-11-25)20-14-26(22-5-2-17(23)13-19(20)22)29(27,28)18-3-4-21-16(12-18)6-9-24-21;1-24-11-7-15(8-12-24)19-14-25(21-18(19)3-2-9-23-21)28(26,27)17-4-5-20-16(13-17)6-10-22-20;1-21-11-9-15(10-12-21)19-14-22(28(26,27)17-5-3-2-4-6-17)20-8-7-16(23(24)25)13-18(19)20/h2-5,7,12-14,27H,6,8-11H2,1H3;2-5,7,12-14,24H,6,8-11H2,1H3;2-5,7,9,13-14,22H,6,8,10-12H2,1H3;2-9,13-14H,10-12H2,1H3. The Bertz CT molecular complexity index is 6610. The van der Waals surface area contributed by atoms with Gasteiger partial charge in [-0.2, -0.15) is 13.2 Å². The van der Waals surface area contributed by atoms with Crippen LogP contribution in [-0.2, 0) is 65.5 Å². The second-order valence-corrected chi connectivity index (χ2v) is 37.6. The number of pyridine rings is 1. The molecule has 117 heavy (non-hydrogen) atoms. The molecule has 12 aromatic rings. The van der Waals surface area contributed by atoms with Crippen LogP contribution in [0, 0.1) is 15.9 Å². The van der Waals surface area contributed by atoms with Crippen LogP contribution >= 0.6 is 0 Å². The number of aromatic nitrogens is 5. The average molecular weight is 1660 g/mol. The van der Waals surface area contributed by atoms with Crippen molar-refractivity contribution in [3.05, 3.63) is 267 Å². The SMILES string of the molecule is CN1CC=C(c2cn(S(=O)(=O)c3ccc4c(c3)CCN4)c3ccc(C(F)(F)F)cc23)CC1.CN1CC=C(c2cn(S(=O)(=O)c3ccc4c(c3)CCN4)c3ccc(F)cc23)CC1.CN1CC=C(c2cn(S(=O)(=O)c3ccc4c(c3)CCN4)c3ncccc23)CC1.CN1CC=C(c2cn(S(=O)(=O)c3ccccc3)c3ccc([N+](=O)[O-])cc23)CC1. The Morgan fingerprint density at radius 3 is 1.19 bits per heavy atom. The molecule has 7 aliphatic rings. The number of hydrogen-bond donors (Lipinski definition) is 3. The van der Waals surface area contributed by atoms with Gasteiger partial charge in [-0.05, 0) is 233 Å². The minimum absolute atomic E-state index is 0.0582. The molecule has 0 atom stereocenters. The molecule has 23 nitrogen and oxygen atoms in total. The van der Waals surface area contributed by atoms with Gasteiger partial charge < -0.3 is 35.6 Å². The normalized spacial score (nSPS) is 16.9. The van der Waals surface area contributed by atoms with Crippen molar-refractivity contribution < 1.29 is 56.2 Å². The largest absolute Gasteiger partial charge is 0.416 e. The number of non-ortho nitro benzene ring substituents is 1. The number of nitro benzene ring substituents is 1. The van der Waals surface area contributed by atoms with Crippen LogP contribution in [0.15, 0.2) is 227 Å². The predicted octanol–water partition coefficient (Wildman–Crippen LogP) is 14.8. The molecule has 0 aliphatic carbocycles. The molecule has 0 amide bonds. The lowest BCUT2D eigenvalue weighted by atomic mass is 9.98. The summed E-state index contributed by atoms with van der Waals surface area (Å²) in [6.07, 6.45) is 17.4. The number of nitrogens with zero attached hydrogens (tertiary/aromatic N) is 10. The van der Waals surface area contributed by atoms with Crippen LogP contribution in [-0.4, -0.2) is 179 Å². The Kier molecular flexibility index (Phi) is 21.7. The van der Waals surface area contributed by atoms with Crippen LogP contribution in [0.4, 0.5) is 40.3 Å². The van der Waals surface area contributed by atoms with Gasteiger partial charge in [0.15, 0.2) is 5.65 Å². The van der Waals surface area contributed by atoms with Crippen LogP contribution in [0.2, 0.25) is 0 Å². The Morgan fingerprint density at radius 2 is 0.778 bits per heavy atom. The van der Waals surface area contributed by atoms with E-state index in [1.165, 1.54) is 66.2 Å². The molecular formula is C86H85F4N13O10S4. The zero-order valence-electron chi connectivity index (χ0n) is 64.6. The van der Waals surface area contributed by atoms with Gasteiger partial charge in [-0.3, -0.25) is 10.1 Å². The van der Waals surface area contributed by atoms with Gasteiger partial charge in [0.2, 0.25) is 0 Å². The van der Waals surface area contributed by atoms with E-state index < -0.39 is 56.8 Å². The molecule has 5 aromatic heterocycles. The molecule has 606 valence electrons. The van der Waals surface area contributed by atoms with Gasteiger partial charge in [-0.1, -0.05) is 42.5 Å². The van der Waals surface area contributed by atoms with Crippen molar-refractivity contribution >= 4 is 129 Å². The highest BCUT2D eigenvalue weighted by atomic mass is 32.2. The van der Waals surface area contributed by atoms with E-state index in [1.54, 1.807) is 97.6 Å². The summed E-state index contributed by atoms with van der Waals surface area (Å²) in [6, 6.07) is 39.3. The highest BCUT2D eigenvalue weighted by molar-refractivity contribution is 7.91. The quantitative estimate of drug-likeness (QED) is 0.0550. The maximum Gasteiger partial charge on any atom is 0.416 e. The Hall–Kier alpha value is -11.0. The zero-order chi connectivity index (χ0) is 82.0. The number of benzene rings is 7. The molecule has 0 radical (unpaired) electrons. The van der Waals surface area contributed by atoms with Crippen molar-refractivity contribution in [1.82, 2.24) is 40.5 Å². The van der Waals surface area contributed by atoms with Crippen LogP contribution in [0.25, 0.3) is 66.0 Å².